The Balaban J connectivity index is 5.20. The SMILES string of the molecule is CCCCCCCCCCCCCCCCCCCCCCCC(=O)O[C@H](COC(=O)CCCCCCCCCCCCCCCC)COP(=O)(O)OC[C@@H](O)COP(=O)(O)OC[C@@H](COC(=O)CCCCCCCCC(C)C)OC(=O)CCCCCCCCCCC(C)CC. The van der Waals surface area contributed by atoms with Crippen LogP contribution in [0, 0.1) is 11.8 Å². The van der Waals surface area contributed by atoms with Crippen LogP contribution in [0.5, 0.6) is 0 Å². The van der Waals surface area contributed by atoms with Crippen LogP contribution in [0.1, 0.15) is 401 Å². The number of phosphoric acid groups is 2. The zero-order valence-electron chi connectivity index (χ0n) is 62.7. The number of aliphatic hydroxyl groups excluding tert-OH is 1. The summed E-state index contributed by atoms with van der Waals surface area (Å²) in [5, 5.41) is 10.6. The van der Waals surface area contributed by atoms with Crippen molar-refractivity contribution in [1.82, 2.24) is 0 Å². The minimum Gasteiger partial charge on any atom is -0.462 e. The number of unbranched alkanes of at least 4 members (excludes halogenated alkanes) is 45. The summed E-state index contributed by atoms with van der Waals surface area (Å²) in [4.78, 5) is 72.8. The normalized spacial score (nSPS) is 14.3. The number of aliphatic hydroxyl groups is 1. The fourth-order valence-electron chi connectivity index (χ4n) is 11.8. The fraction of sp³-hybridized carbons (Fsp3) is 0.948. The number of carbonyl (C=O) groups excluding carboxylic acids is 4. The molecule has 3 N–H and O–H groups in total. The molecule has 0 fully saturated rings. The highest BCUT2D eigenvalue weighted by Gasteiger charge is 2.30. The van der Waals surface area contributed by atoms with Crippen molar-refractivity contribution in [2.45, 2.75) is 419 Å². The Labute approximate surface area is 588 Å². The molecule has 3 unspecified atom stereocenters. The second-order valence-corrected chi connectivity index (χ2v) is 31.4. The molecule has 0 aliphatic rings. The zero-order valence-corrected chi connectivity index (χ0v) is 64.5. The van der Waals surface area contributed by atoms with Gasteiger partial charge < -0.3 is 33.8 Å². The summed E-state index contributed by atoms with van der Waals surface area (Å²) < 4.78 is 68.5. The summed E-state index contributed by atoms with van der Waals surface area (Å²) in [6, 6.07) is 0. The Hall–Kier alpha value is -1.94. The van der Waals surface area contributed by atoms with Gasteiger partial charge in [-0.25, -0.2) is 9.13 Å². The summed E-state index contributed by atoms with van der Waals surface area (Å²) in [6.07, 6.45) is 57.1. The second kappa shape index (κ2) is 68.8. The summed E-state index contributed by atoms with van der Waals surface area (Å²) >= 11 is 0. The number of carbonyl (C=O) groups is 4. The Bertz CT molecular complexity index is 1860. The lowest BCUT2D eigenvalue weighted by atomic mass is 9.99. The van der Waals surface area contributed by atoms with Crippen molar-refractivity contribution in [2.75, 3.05) is 39.6 Å². The van der Waals surface area contributed by atoms with Gasteiger partial charge in [-0.2, -0.15) is 0 Å². The molecule has 0 spiro atoms. The van der Waals surface area contributed by atoms with Crippen LogP contribution >= 0.6 is 15.6 Å². The summed E-state index contributed by atoms with van der Waals surface area (Å²) in [6.45, 7) is 9.51. The predicted molar refractivity (Wildman–Crippen MR) is 391 cm³/mol. The third kappa shape index (κ3) is 69.2. The quantitative estimate of drug-likeness (QED) is 0.0222. The molecule has 0 heterocycles. The Morgan fingerprint density at radius 2 is 0.531 bits per heavy atom. The molecule has 0 amide bonds. The fourth-order valence-corrected chi connectivity index (χ4v) is 13.4. The maximum absolute atomic E-state index is 13.1. The van der Waals surface area contributed by atoms with Crippen molar-refractivity contribution in [3.05, 3.63) is 0 Å². The predicted octanol–water partition coefficient (Wildman–Crippen LogP) is 22.7. The van der Waals surface area contributed by atoms with Gasteiger partial charge in [-0.05, 0) is 37.5 Å². The van der Waals surface area contributed by atoms with E-state index >= 15 is 0 Å². The third-order valence-electron chi connectivity index (χ3n) is 18.3. The maximum atomic E-state index is 13.1. The third-order valence-corrected chi connectivity index (χ3v) is 20.2. The molecular formula is C77H150O17P2. The van der Waals surface area contributed by atoms with Crippen molar-refractivity contribution in [3.63, 3.8) is 0 Å². The number of ether oxygens (including phenoxy) is 4. The number of hydrogen-bond acceptors (Lipinski definition) is 15. The topological polar surface area (TPSA) is 237 Å². The van der Waals surface area contributed by atoms with Crippen molar-refractivity contribution in [2.24, 2.45) is 11.8 Å². The van der Waals surface area contributed by atoms with E-state index in [-0.39, 0.29) is 25.7 Å². The smallest absolute Gasteiger partial charge is 0.462 e. The van der Waals surface area contributed by atoms with Gasteiger partial charge in [-0.3, -0.25) is 37.3 Å². The van der Waals surface area contributed by atoms with Gasteiger partial charge in [0, 0.05) is 25.7 Å². The molecule has 0 aliphatic heterocycles. The first-order valence-corrected chi connectivity index (χ1v) is 43.0. The van der Waals surface area contributed by atoms with Crippen molar-refractivity contribution >= 4 is 39.5 Å². The molecule has 19 heteroatoms. The zero-order chi connectivity index (χ0) is 70.7. The first-order chi connectivity index (χ1) is 46.4. The minimum absolute atomic E-state index is 0.104. The van der Waals surface area contributed by atoms with E-state index < -0.39 is 97.5 Å². The molecule has 0 saturated carbocycles. The molecule has 17 nitrogen and oxygen atoms in total. The lowest BCUT2D eigenvalue weighted by Crippen LogP contribution is -2.30. The monoisotopic (exact) mass is 1410 g/mol. The van der Waals surface area contributed by atoms with Crippen LogP contribution in [0.15, 0.2) is 0 Å². The van der Waals surface area contributed by atoms with E-state index in [0.29, 0.717) is 31.6 Å². The van der Waals surface area contributed by atoms with Crippen molar-refractivity contribution < 1.29 is 80.2 Å². The average molecular weight is 1410 g/mol. The van der Waals surface area contributed by atoms with E-state index in [0.717, 1.165) is 102 Å². The molecule has 0 aromatic rings. The van der Waals surface area contributed by atoms with E-state index in [1.54, 1.807) is 0 Å². The molecule has 0 radical (unpaired) electrons. The lowest BCUT2D eigenvalue weighted by molar-refractivity contribution is -0.161. The Morgan fingerprint density at radius 3 is 0.792 bits per heavy atom. The summed E-state index contributed by atoms with van der Waals surface area (Å²) in [7, 11) is -9.91. The standard InChI is InChI=1S/C77H150O17P2/c1-7-10-12-14-16-18-20-22-24-25-26-27-28-29-30-32-34-36-41-49-55-61-76(81)93-72(65-87-74(79)59-53-47-40-35-33-31-23-21-19-17-15-13-11-8-2)67-91-95(83,84)89-63-71(78)64-90-96(85,86)92-68-73(66-88-75(80)60-54-48-44-43-45-51-57-69(4)5)94-77(82)62-56-50-42-38-37-39-46-52-58-70(6)9-3/h69-73,78H,7-68H2,1-6H3,(H,83,84)(H,85,86)/t70?,71-,72-,73-/m1/s1. The van der Waals surface area contributed by atoms with Gasteiger partial charge in [0.05, 0.1) is 26.4 Å². The van der Waals surface area contributed by atoms with Crippen LogP contribution in [0.3, 0.4) is 0 Å². The second-order valence-electron chi connectivity index (χ2n) is 28.5. The van der Waals surface area contributed by atoms with Crippen LogP contribution < -0.4 is 0 Å². The van der Waals surface area contributed by atoms with Gasteiger partial charge in [-0.15, -0.1) is 0 Å². The molecular weight excluding hydrogens is 1260 g/mol. The molecule has 0 bridgehead atoms. The number of hydrogen-bond donors (Lipinski definition) is 3. The molecule has 96 heavy (non-hydrogen) atoms. The van der Waals surface area contributed by atoms with Gasteiger partial charge in [0.25, 0.3) is 0 Å². The van der Waals surface area contributed by atoms with E-state index in [2.05, 4.69) is 41.5 Å². The number of phosphoric ester groups is 2. The van der Waals surface area contributed by atoms with Crippen LogP contribution in [0.2, 0.25) is 0 Å². The van der Waals surface area contributed by atoms with Gasteiger partial charge in [0.2, 0.25) is 0 Å². The molecule has 0 aromatic heterocycles. The van der Waals surface area contributed by atoms with Crippen LogP contribution in [-0.2, 0) is 65.4 Å². The molecule has 570 valence electrons. The Morgan fingerprint density at radius 1 is 0.302 bits per heavy atom. The highest BCUT2D eigenvalue weighted by Crippen LogP contribution is 2.45. The lowest BCUT2D eigenvalue weighted by Gasteiger charge is -2.21. The average Bonchev–Trinajstić information content (AvgIpc) is 1.46. The minimum atomic E-state index is -4.96. The van der Waals surface area contributed by atoms with Gasteiger partial charge in [0.15, 0.2) is 12.2 Å². The van der Waals surface area contributed by atoms with Crippen molar-refractivity contribution in [1.29, 1.82) is 0 Å². The van der Waals surface area contributed by atoms with Gasteiger partial charge in [-0.1, -0.05) is 350 Å². The highest BCUT2D eigenvalue weighted by atomic mass is 31.2. The Kier molecular flexibility index (Phi) is 67.4. The first kappa shape index (κ1) is 94.1. The van der Waals surface area contributed by atoms with Crippen LogP contribution in [-0.4, -0.2) is 96.7 Å². The van der Waals surface area contributed by atoms with E-state index in [4.69, 9.17) is 37.0 Å². The van der Waals surface area contributed by atoms with E-state index in [1.165, 1.54) is 212 Å². The first-order valence-electron chi connectivity index (χ1n) is 40.0. The van der Waals surface area contributed by atoms with Crippen LogP contribution in [0.25, 0.3) is 0 Å². The van der Waals surface area contributed by atoms with E-state index in [1.807, 2.05) is 0 Å². The largest absolute Gasteiger partial charge is 0.472 e. The molecule has 0 rings (SSSR count). The highest BCUT2D eigenvalue weighted by molar-refractivity contribution is 7.47. The summed E-state index contributed by atoms with van der Waals surface area (Å²) in [5.74, 6) is -0.670. The van der Waals surface area contributed by atoms with E-state index in [9.17, 15) is 43.2 Å². The van der Waals surface area contributed by atoms with Crippen LogP contribution in [0.4, 0.5) is 0 Å². The van der Waals surface area contributed by atoms with Gasteiger partial charge in [0.1, 0.15) is 19.3 Å². The molecule has 0 aromatic carbocycles. The van der Waals surface area contributed by atoms with Crippen molar-refractivity contribution in [3.8, 4) is 0 Å². The summed E-state index contributed by atoms with van der Waals surface area (Å²) in [5.41, 5.74) is 0. The molecule has 6 atom stereocenters. The van der Waals surface area contributed by atoms with Gasteiger partial charge >= 0.3 is 39.5 Å². The maximum Gasteiger partial charge on any atom is 0.472 e. The molecule has 0 saturated heterocycles. The number of rotatable bonds is 76. The number of esters is 4. The molecule has 0 aliphatic carbocycles.